The SMILES string of the molecule is CCCCNC(=O)N1CCCC(NC)c2ccccc21. The van der Waals surface area contributed by atoms with Crippen molar-refractivity contribution in [3.63, 3.8) is 0 Å². The molecule has 2 amide bonds. The number of carbonyl (C=O) groups is 1. The van der Waals surface area contributed by atoms with Gasteiger partial charge >= 0.3 is 6.03 Å². The Morgan fingerprint density at radius 1 is 1.40 bits per heavy atom. The van der Waals surface area contributed by atoms with Crippen LogP contribution in [0.4, 0.5) is 10.5 Å². The van der Waals surface area contributed by atoms with Crippen molar-refractivity contribution >= 4 is 11.7 Å². The molecule has 0 saturated heterocycles. The molecule has 1 aliphatic heterocycles. The molecule has 0 fully saturated rings. The number of nitrogens with zero attached hydrogens (tertiary/aromatic N) is 1. The van der Waals surface area contributed by atoms with Gasteiger partial charge in [-0.25, -0.2) is 4.79 Å². The zero-order valence-electron chi connectivity index (χ0n) is 12.5. The fourth-order valence-electron chi connectivity index (χ4n) is 2.74. The Balaban J connectivity index is 2.18. The molecular formula is C16H25N3O. The number of benzene rings is 1. The number of unbranched alkanes of at least 4 members (excludes halogenated alkanes) is 1. The molecule has 1 heterocycles. The highest BCUT2D eigenvalue weighted by atomic mass is 16.2. The molecule has 1 unspecified atom stereocenters. The van der Waals surface area contributed by atoms with Crippen LogP contribution in [0.3, 0.4) is 0 Å². The highest BCUT2D eigenvalue weighted by Crippen LogP contribution is 2.32. The predicted molar refractivity (Wildman–Crippen MR) is 83.1 cm³/mol. The van der Waals surface area contributed by atoms with Crippen LogP contribution in [0.1, 0.15) is 44.2 Å². The van der Waals surface area contributed by atoms with Gasteiger partial charge in [-0.05, 0) is 37.9 Å². The number of nitrogens with one attached hydrogen (secondary N) is 2. The van der Waals surface area contributed by atoms with E-state index in [9.17, 15) is 4.79 Å². The molecule has 110 valence electrons. The van der Waals surface area contributed by atoms with Gasteiger partial charge in [0, 0.05) is 19.1 Å². The van der Waals surface area contributed by atoms with E-state index in [2.05, 4.69) is 23.6 Å². The summed E-state index contributed by atoms with van der Waals surface area (Å²) in [6.45, 7) is 3.67. The largest absolute Gasteiger partial charge is 0.338 e. The van der Waals surface area contributed by atoms with Gasteiger partial charge in [0.2, 0.25) is 0 Å². The zero-order chi connectivity index (χ0) is 14.4. The van der Waals surface area contributed by atoms with E-state index in [4.69, 9.17) is 0 Å². The molecule has 2 rings (SSSR count). The maximum atomic E-state index is 12.4. The molecule has 2 N–H and O–H groups in total. The quantitative estimate of drug-likeness (QED) is 0.830. The third-order valence-corrected chi connectivity index (χ3v) is 3.88. The third kappa shape index (κ3) is 3.31. The van der Waals surface area contributed by atoms with Gasteiger partial charge in [-0.1, -0.05) is 31.5 Å². The van der Waals surface area contributed by atoms with Crippen LogP contribution in [-0.2, 0) is 0 Å². The first kappa shape index (κ1) is 14.9. The molecule has 1 atom stereocenters. The molecule has 1 aliphatic rings. The van der Waals surface area contributed by atoms with Gasteiger partial charge in [-0.15, -0.1) is 0 Å². The van der Waals surface area contributed by atoms with E-state index < -0.39 is 0 Å². The van der Waals surface area contributed by atoms with Crippen molar-refractivity contribution in [3.8, 4) is 0 Å². The summed E-state index contributed by atoms with van der Waals surface area (Å²) < 4.78 is 0. The number of hydrogen-bond acceptors (Lipinski definition) is 2. The molecule has 1 aromatic carbocycles. The van der Waals surface area contributed by atoms with E-state index in [1.165, 1.54) is 5.56 Å². The van der Waals surface area contributed by atoms with Crippen LogP contribution in [0.15, 0.2) is 24.3 Å². The molecule has 4 heteroatoms. The van der Waals surface area contributed by atoms with Gasteiger partial charge < -0.3 is 10.6 Å². The van der Waals surface area contributed by atoms with Crippen molar-refractivity contribution in [1.29, 1.82) is 0 Å². The number of amides is 2. The van der Waals surface area contributed by atoms with Gasteiger partial charge in [0.15, 0.2) is 0 Å². The number of hydrogen-bond donors (Lipinski definition) is 2. The lowest BCUT2D eigenvalue weighted by Crippen LogP contribution is -2.41. The zero-order valence-corrected chi connectivity index (χ0v) is 12.5. The van der Waals surface area contributed by atoms with E-state index in [0.717, 1.165) is 44.5 Å². The fourth-order valence-corrected chi connectivity index (χ4v) is 2.74. The molecule has 0 aliphatic carbocycles. The summed E-state index contributed by atoms with van der Waals surface area (Å²) in [5.41, 5.74) is 2.26. The first-order chi connectivity index (χ1) is 9.77. The summed E-state index contributed by atoms with van der Waals surface area (Å²) in [5.74, 6) is 0. The van der Waals surface area contributed by atoms with Gasteiger partial charge in [-0.3, -0.25) is 4.90 Å². The van der Waals surface area contributed by atoms with E-state index >= 15 is 0 Å². The Bertz CT molecular complexity index is 447. The fraction of sp³-hybridized carbons (Fsp3) is 0.562. The van der Waals surface area contributed by atoms with Crippen molar-refractivity contribution in [2.45, 2.75) is 38.6 Å². The number of anilines is 1. The van der Waals surface area contributed by atoms with Crippen molar-refractivity contribution in [1.82, 2.24) is 10.6 Å². The van der Waals surface area contributed by atoms with Crippen LogP contribution < -0.4 is 15.5 Å². The summed E-state index contributed by atoms with van der Waals surface area (Å²) in [6.07, 6.45) is 4.20. The molecule has 0 aromatic heterocycles. The second-order valence-corrected chi connectivity index (χ2v) is 5.28. The van der Waals surface area contributed by atoms with Crippen molar-refractivity contribution in [2.24, 2.45) is 0 Å². The van der Waals surface area contributed by atoms with Crippen LogP contribution in [0, 0.1) is 0 Å². The lowest BCUT2D eigenvalue weighted by atomic mass is 10.0. The number of carbonyl (C=O) groups excluding carboxylic acids is 1. The van der Waals surface area contributed by atoms with Crippen molar-refractivity contribution in [3.05, 3.63) is 29.8 Å². The van der Waals surface area contributed by atoms with Crippen LogP contribution in [-0.4, -0.2) is 26.2 Å². The predicted octanol–water partition coefficient (Wildman–Crippen LogP) is 3.06. The summed E-state index contributed by atoms with van der Waals surface area (Å²) in [5, 5.41) is 6.37. The first-order valence-corrected chi connectivity index (χ1v) is 7.59. The minimum absolute atomic E-state index is 0.0302. The molecular weight excluding hydrogens is 250 g/mol. The highest BCUT2D eigenvalue weighted by Gasteiger charge is 2.24. The Morgan fingerprint density at radius 2 is 2.20 bits per heavy atom. The third-order valence-electron chi connectivity index (χ3n) is 3.88. The van der Waals surface area contributed by atoms with Gasteiger partial charge in [0.1, 0.15) is 0 Å². The summed E-state index contributed by atoms with van der Waals surface area (Å²) in [4.78, 5) is 14.3. The van der Waals surface area contributed by atoms with Crippen LogP contribution in [0.2, 0.25) is 0 Å². The standard InChI is InChI=1S/C16H25N3O/c1-3-4-11-18-16(20)19-12-7-9-14(17-2)13-8-5-6-10-15(13)19/h5-6,8,10,14,17H,3-4,7,9,11-12H2,1-2H3,(H,18,20). The maximum absolute atomic E-state index is 12.4. The average Bonchev–Trinajstić information content (AvgIpc) is 2.66. The van der Waals surface area contributed by atoms with Gasteiger partial charge in [-0.2, -0.15) is 0 Å². The summed E-state index contributed by atoms with van der Waals surface area (Å²) in [6, 6.07) is 8.57. The highest BCUT2D eigenvalue weighted by molar-refractivity contribution is 5.93. The molecule has 0 radical (unpaired) electrons. The Morgan fingerprint density at radius 3 is 2.95 bits per heavy atom. The first-order valence-electron chi connectivity index (χ1n) is 7.59. The number of fused-ring (bicyclic) bond motifs is 1. The average molecular weight is 275 g/mol. The lowest BCUT2D eigenvalue weighted by molar-refractivity contribution is 0.246. The number of rotatable bonds is 4. The number of urea groups is 1. The van der Waals surface area contributed by atoms with Crippen LogP contribution >= 0.6 is 0 Å². The second-order valence-electron chi connectivity index (χ2n) is 5.28. The minimum atomic E-state index is 0.0302. The lowest BCUT2D eigenvalue weighted by Gasteiger charge is -2.24. The van der Waals surface area contributed by atoms with Gasteiger partial charge in [0.05, 0.1) is 5.69 Å². The Kier molecular flexibility index (Phi) is 5.41. The summed E-state index contributed by atoms with van der Waals surface area (Å²) >= 11 is 0. The van der Waals surface area contributed by atoms with E-state index in [-0.39, 0.29) is 6.03 Å². The molecule has 4 nitrogen and oxygen atoms in total. The minimum Gasteiger partial charge on any atom is -0.338 e. The topological polar surface area (TPSA) is 44.4 Å². The second kappa shape index (κ2) is 7.29. The van der Waals surface area contributed by atoms with Gasteiger partial charge in [0.25, 0.3) is 0 Å². The van der Waals surface area contributed by atoms with Crippen LogP contribution in [0.5, 0.6) is 0 Å². The monoisotopic (exact) mass is 275 g/mol. The van der Waals surface area contributed by atoms with E-state index in [1.54, 1.807) is 0 Å². The molecule has 0 spiro atoms. The molecule has 0 bridgehead atoms. The number of para-hydroxylation sites is 1. The van der Waals surface area contributed by atoms with E-state index in [0.29, 0.717) is 6.04 Å². The van der Waals surface area contributed by atoms with Crippen LogP contribution in [0.25, 0.3) is 0 Å². The maximum Gasteiger partial charge on any atom is 0.321 e. The molecule has 0 saturated carbocycles. The van der Waals surface area contributed by atoms with E-state index in [1.807, 2.05) is 30.1 Å². The molecule has 1 aromatic rings. The Labute approximate surface area is 121 Å². The smallest absolute Gasteiger partial charge is 0.321 e. The van der Waals surface area contributed by atoms with Crippen molar-refractivity contribution in [2.75, 3.05) is 25.0 Å². The normalized spacial score (nSPS) is 18.3. The van der Waals surface area contributed by atoms with Crippen molar-refractivity contribution < 1.29 is 4.79 Å². The Hall–Kier alpha value is -1.55. The summed E-state index contributed by atoms with van der Waals surface area (Å²) in [7, 11) is 1.98. The molecule has 20 heavy (non-hydrogen) atoms.